The molecule has 0 bridgehead atoms. The molecule has 13 nitrogen and oxygen atoms in total. The number of carbonyl (C=O) groups is 2. The van der Waals surface area contributed by atoms with Crippen molar-refractivity contribution in [1.82, 2.24) is 34.3 Å². The van der Waals surface area contributed by atoms with Gasteiger partial charge in [0, 0.05) is 98.7 Å². The first-order chi connectivity index (χ1) is 29.2. The lowest BCUT2D eigenvalue weighted by Gasteiger charge is -2.24. The first kappa shape index (κ1) is 41.4. The van der Waals surface area contributed by atoms with Gasteiger partial charge in [0.1, 0.15) is 6.23 Å². The van der Waals surface area contributed by atoms with E-state index in [1.54, 1.807) is 0 Å². The zero-order valence-electron chi connectivity index (χ0n) is 35.8. The Morgan fingerprint density at radius 1 is 0.800 bits per heavy atom. The quantitative estimate of drug-likeness (QED) is 0.140. The van der Waals surface area contributed by atoms with Gasteiger partial charge in [0.15, 0.2) is 0 Å². The van der Waals surface area contributed by atoms with Crippen molar-refractivity contribution in [2.45, 2.75) is 79.0 Å². The molecule has 2 aromatic carbocycles. The van der Waals surface area contributed by atoms with Crippen molar-refractivity contribution < 1.29 is 23.8 Å². The molecular weight excluding hydrogens is 757 g/mol. The molecule has 320 valence electrons. The number of hydrogen-bond donors (Lipinski definition) is 1. The van der Waals surface area contributed by atoms with Gasteiger partial charge in [-0.3, -0.25) is 5.10 Å². The first-order valence-corrected chi connectivity index (χ1v) is 22.1. The van der Waals surface area contributed by atoms with Crippen LogP contribution in [-0.4, -0.2) is 106 Å². The van der Waals surface area contributed by atoms with Gasteiger partial charge in [0.2, 0.25) is 0 Å². The molecule has 7 heterocycles. The van der Waals surface area contributed by atoms with E-state index in [-0.39, 0.29) is 18.4 Å². The van der Waals surface area contributed by atoms with Gasteiger partial charge < -0.3 is 33.5 Å². The molecule has 3 atom stereocenters. The molecule has 4 aliphatic rings. The number of hydrogen-bond acceptors (Lipinski definition) is 8. The van der Waals surface area contributed by atoms with Crippen molar-refractivity contribution in [2.75, 3.05) is 64.0 Å². The van der Waals surface area contributed by atoms with Crippen LogP contribution in [0.15, 0.2) is 73.4 Å². The van der Waals surface area contributed by atoms with Crippen molar-refractivity contribution in [3.8, 4) is 22.3 Å². The Balaban J connectivity index is 0.000000170. The van der Waals surface area contributed by atoms with Crippen molar-refractivity contribution in [3.05, 3.63) is 79.0 Å². The molecule has 0 spiro atoms. The van der Waals surface area contributed by atoms with Crippen LogP contribution in [0, 0.1) is 23.7 Å². The molecule has 1 N–H and O–H groups in total. The minimum atomic E-state index is -0.174. The van der Waals surface area contributed by atoms with Crippen LogP contribution in [0.2, 0.25) is 0 Å². The zero-order valence-corrected chi connectivity index (χ0v) is 35.8. The Morgan fingerprint density at radius 3 is 2.20 bits per heavy atom. The highest BCUT2D eigenvalue weighted by Crippen LogP contribution is 2.34. The summed E-state index contributed by atoms with van der Waals surface area (Å²) in [5.41, 5.74) is 8.59. The highest BCUT2D eigenvalue weighted by molar-refractivity contribution is 5.85. The Hall–Kier alpha value is -5.30. The molecule has 2 amide bonds. The standard InChI is InChI=1S/C26H34N4O3.C21H28N4O2/c1-19(2)18-33-26(31)29-10-8-20(16-29)15-28-11-9-22-13-21(6-7-24(22)28)23-14-27-30(17-23)25-5-3-4-12-32-25;1-15(2)14-27-21(26)25-7-5-16(13-25)12-24-8-6-18-9-17(3-4-20(18)24)19-10-22-23-11-19/h6-7,9,11,13-14,17,19-20,25H,3-5,8,10,12,15-16,18H2,1-2H3;3-4,9-11,15-16H,5-8,12-14H2,1-2H3,(H,22,23). The summed E-state index contributed by atoms with van der Waals surface area (Å²) in [4.78, 5) is 30.6. The number of aromatic nitrogens is 5. The molecule has 13 heteroatoms. The normalized spacial score (nSPS) is 20.2. The van der Waals surface area contributed by atoms with Crippen molar-refractivity contribution in [3.63, 3.8) is 0 Å². The van der Waals surface area contributed by atoms with Gasteiger partial charge >= 0.3 is 12.2 Å². The molecule has 0 saturated carbocycles. The minimum absolute atomic E-state index is 0.0611. The number of fused-ring (bicyclic) bond motifs is 2. The van der Waals surface area contributed by atoms with Gasteiger partial charge in [-0.25, -0.2) is 14.3 Å². The van der Waals surface area contributed by atoms with Crippen LogP contribution in [0.4, 0.5) is 15.3 Å². The molecule has 3 aromatic heterocycles. The minimum Gasteiger partial charge on any atom is -0.449 e. The summed E-state index contributed by atoms with van der Waals surface area (Å²) in [5.74, 6) is 1.69. The number of ether oxygens (including phenoxy) is 3. The SMILES string of the molecule is CC(C)COC(=O)N1CCC(CN2CCc3cc(-c4cn[nH]c4)ccc32)C1.CC(C)COC(=O)N1CCC(Cn2ccc3cc(-c4cnn(C5CCCCO5)c4)ccc32)C1. The zero-order chi connectivity index (χ0) is 41.6. The highest BCUT2D eigenvalue weighted by Gasteiger charge is 2.31. The van der Waals surface area contributed by atoms with E-state index < -0.39 is 0 Å². The Kier molecular flexibility index (Phi) is 13.1. The third kappa shape index (κ3) is 10.00. The van der Waals surface area contributed by atoms with Gasteiger partial charge in [0.05, 0.1) is 25.6 Å². The summed E-state index contributed by atoms with van der Waals surface area (Å²) in [6, 6.07) is 15.5. The number of benzene rings is 2. The van der Waals surface area contributed by atoms with Crippen molar-refractivity contribution >= 4 is 28.8 Å². The number of likely N-dealkylation sites (tertiary alicyclic amines) is 2. The summed E-state index contributed by atoms with van der Waals surface area (Å²) in [6.07, 6.45) is 16.2. The molecule has 3 fully saturated rings. The number of amides is 2. The molecule has 0 aliphatic carbocycles. The molecule has 3 unspecified atom stereocenters. The van der Waals surface area contributed by atoms with Crippen LogP contribution in [0.3, 0.4) is 0 Å². The summed E-state index contributed by atoms with van der Waals surface area (Å²) in [6.45, 7) is 16.1. The van der Waals surface area contributed by atoms with Crippen LogP contribution in [0.1, 0.15) is 71.6 Å². The van der Waals surface area contributed by atoms with E-state index in [4.69, 9.17) is 14.2 Å². The number of H-pyrrole nitrogens is 1. The molecule has 4 aliphatic heterocycles. The predicted octanol–water partition coefficient (Wildman–Crippen LogP) is 8.87. The van der Waals surface area contributed by atoms with Crippen LogP contribution in [0.5, 0.6) is 0 Å². The maximum absolute atomic E-state index is 12.3. The van der Waals surface area contributed by atoms with Crippen LogP contribution in [0.25, 0.3) is 33.2 Å². The van der Waals surface area contributed by atoms with E-state index in [2.05, 4.69) is 107 Å². The van der Waals surface area contributed by atoms with Gasteiger partial charge in [-0.15, -0.1) is 0 Å². The molecule has 5 aromatic rings. The number of anilines is 1. The number of carbonyl (C=O) groups excluding carboxylic acids is 2. The van der Waals surface area contributed by atoms with Gasteiger partial charge in [-0.1, -0.05) is 39.8 Å². The maximum atomic E-state index is 12.3. The Labute approximate surface area is 353 Å². The van der Waals surface area contributed by atoms with E-state index in [1.165, 1.54) is 39.7 Å². The topological polar surface area (TPSA) is 123 Å². The summed E-state index contributed by atoms with van der Waals surface area (Å²) >= 11 is 0. The number of nitrogens with zero attached hydrogens (tertiary/aromatic N) is 7. The summed E-state index contributed by atoms with van der Waals surface area (Å²) < 4.78 is 20.9. The van der Waals surface area contributed by atoms with Gasteiger partial charge in [-0.2, -0.15) is 10.2 Å². The smallest absolute Gasteiger partial charge is 0.409 e. The summed E-state index contributed by atoms with van der Waals surface area (Å²) in [7, 11) is 0. The second-order valence-corrected chi connectivity index (χ2v) is 17.9. The molecule has 3 saturated heterocycles. The third-order valence-electron chi connectivity index (χ3n) is 12.2. The fourth-order valence-electron chi connectivity index (χ4n) is 8.91. The third-order valence-corrected chi connectivity index (χ3v) is 12.2. The summed E-state index contributed by atoms with van der Waals surface area (Å²) in [5, 5.41) is 12.7. The Bertz CT molecular complexity index is 2190. The fraction of sp³-hybridized carbons (Fsp3) is 0.532. The fourth-order valence-corrected chi connectivity index (χ4v) is 8.91. The van der Waals surface area contributed by atoms with Crippen molar-refractivity contribution in [1.29, 1.82) is 0 Å². The largest absolute Gasteiger partial charge is 0.449 e. The molecular formula is C47H62N8O5. The number of aromatic amines is 1. The second kappa shape index (κ2) is 19.0. The van der Waals surface area contributed by atoms with Crippen LogP contribution >= 0.6 is 0 Å². The monoisotopic (exact) mass is 818 g/mol. The average molecular weight is 819 g/mol. The maximum Gasteiger partial charge on any atom is 0.409 e. The van der Waals surface area contributed by atoms with Gasteiger partial charge in [0.25, 0.3) is 0 Å². The molecule has 9 rings (SSSR count). The highest BCUT2D eigenvalue weighted by atomic mass is 16.6. The van der Waals surface area contributed by atoms with Gasteiger partial charge in [-0.05, 0) is 109 Å². The molecule has 60 heavy (non-hydrogen) atoms. The first-order valence-electron chi connectivity index (χ1n) is 22.1. The second-order valence-electron chi connectivity index (χ2n) is 17.9. The van der Waals surface area contributed by atoms with Crippen LogP contribution < -0.4 is 4.90 Å². The lowest BCUT2D eigenvalue weighted by atomic mass is 10.0. The van der Waals surface area contributed by atoms with E-state index in [9.17, 15) is 9.59 Å². The van der Waals surface area contributed by atoms with Crippen molar-refractivity contribution in [2.24, 2.45) is 23.7 Å². The van der Waals surface area contributed by atoms with E-state index >= 15 is 0 Å². The lowest BCUT2D eigenvalue weighted by Crippen LogP contribution is -2.33. The lowest BCUT2D eigenvalue weighted by molar-refractivity contribution is -0.0394. The molecule has 0 radical (unpaired) electrons. The average Bonchev–Trinajstić information content (AvgIpc) is 4.12. The number of rotatable bonds is 11. The van der Waals surface area contributed by atoms with E-state index in [1.807, 2.05) is 33.1 Å². The number of nitrogens with one attached hydrogen (secondary N) is 1. The Morgan fingerprint density at radius 2 is 1.52 bits per heavy atom. The predicted molar refractivity (Wildman–Crippen MR) is 234 cm³/mol. The van der Waals surface area contributed by atoms with Crippen LogP contribution in [-0.2, 0) is 27.2 Å². The van der Waals surface area contributed by atoms with E-state index in [0.29, 0.717) is 36.9 Å². The van der Waals surface area contributed by atoms with E-state index in [0.717, 1.165) is 95.7 Å².